The molecule has 126 valence electrons. The van der Waals surface area contributed by atoms with Crippen LogP contribution in [0.25, 0.3) is 0 Å². The SMILES string of the molecule is CCc1ccc(C(C)NC(=O)C(=O)Nc2cc(Cl)ccc2O)cc1. The van der Waals surface area contributed by atoms with Crippen LogP contribution >= 0.6 is 11.6 Å². The third kappa shape index (κ3) is 4.49. The molecule has 1 unspecified atom stereocenters. The Morgan fingerprint density at radius 2 is 1.79 bits per heavy atom. The van der Waals surface area contributed by atoms with E-state index in [4.69, 9.17) is 11.6 Å². The Balaban J connectivity index is 2.00. The van der Waals surface area contributed by atoms with Crippen LogP contribution < -0.4 is 10.6 Å². The lowest BCUT2D eigenvalue weighted by Gasteiger charge is -2.15. The molecule has 2 amide bonds. The maximum Gasteiger partial charge on any atom is 0.313 e. The van der Waals surface area contributed by atoms with E-state index in [1.165, 1.54) is 23.8 Å². The predicted octanol–water partition coefficient (Wildman–Crippen LogP) is 3.42. The van der Waals surface area contributed by atoms with E-state index in [1.54, 1.807) is 6.92 Å². The highest BCUT2D eigenvalue weighted by molar-refractivity contribution is 6.40. The number of carbonyl (C=O) groups excluding carboxylic acids is 2. The van der Waals surface area contributed by atoms with Crippen molar-refractivity contribution in [2.24, 2.45) is 0 Å². The predicted molar refractivity (Wildman–Crippen MR) is 94.1 cm³/mol. The molecule has 3 N–H and O–H groups in total. The summed E-state index contributed by atoms with van der Waals surface area (Å²) < 4.78 is 0. The molecule has 1 atom stereocenters. The Morgan fingerprint density at radius 3 is 2.42 bits per heavy atom. The van der Waals surface area contributed by atoms with E-state index < -0.39 is 11.8 Å². The Hall–Kier alpha value is -2.53. The highest BCUT2D eigenvalue weighted by atomic mass is 35.5. The summed E-state index contributed by atoms with van der Waals surface area (Å²) in [6.07, 6.45) is 0.937. The Bertz CT molecular complexity index is 744. The van der Waals surface area contributed by atoms with Crippen molar-refractivity contribution in [2.75, 3.05) is 5.32 Å². The molecule has 0 aliphatic carbocycles. The van der Waals surface area contributed by atoms with Gasteiger partial charge in [0.2, 0.25) is 0 Å². The summed E-state index contributed by atoms with van der Waals surface area (Å²) in [6, 6.07) is 11.7. The van der Waals surface area contributed by atoms with Crippen LogP contribution in [0.5, 0.6) is 5.75 Å². The van der Waals surface area contributed by atoms with Crippen LogP contribution in [0.15, 0.2) is 42.5 Å². The second-order valence-corrected chi connectivity index (χ2v) is 5.84. The number of phenolic OH excluding ortho intramolecular Hbond substituents is 1. The van der Waals surface area contributed by atoms with Gasteiger partial charge in [0.25, 0.3) is 0 Å². The van der Waals surface area contributed by atoms with Gasteiger partial charge in [-0.1, -0.05) is 42.8 Å². The van der Waals surface area contributed by atoms with Gasteiger partial charge in [-0.3, -0.25) is 9.59 Å². The molecule has 24 heavy (non-hydrogen) atoms. The summed E-state index contributed by atoms with van der Waals surface area (Å²) in [7, 11) is 0. The van der Waals surface area contributed by atoms with Crippen LogP contribution in [0.3, 0.4) is 0 Å². The normalized spacial score (nSPS) is 11.6. The number of halogens is 1. The number of phenols is 1. The number of rotatable bonds is 4. The van der Waals surface area contributed by atoms with Crippen molar-refractivity contribution in [1.82, 2.24) is 5.32 Å². The summed E-state index contributed by atoms with van der Waals surface area (Å²) in [5.74, 6) is -1.82. The minimum absolute atomic E-state index is 0.0857. The molecule has 0 heterocycles. The van der Waals surface area contributed by atoms with Crippen LogP contribution in [0.4, 0.5) is 5.69 Å². The van der Waals surface area contributed by atoms with Crippen molar-refractivity contribution in [2.45, 2.75) is 26.3 Å². The lowest BCUT2D eigenvalue weighted by Crippen LogP contribution is -2.36. The van der Waals surface area contributed by atoms with Crippen LogP contribution in [-0.4, -0.2) is 16.9 Å². The first kappa shape index (κ1) is 17.8. The summed E-state index contributed by atoms with van der Waals surface area (Å²) in [5, 5.41) is 15.0. The minimum Gasteiger partial charge on any atom is -0.506 e. The van der Waals surface area contributed by atoms with Crippen molar-refractivity contribution < 1.29 is 14.7 Å². The molecule has 2 rings (SSSR count). The number of hydrogen-bond acceptors (Lipinski definition) is 3. The van der Waals surface area contributed by atoms with Crippen LogP contribution in [0.1, 0.15) is 31.0 Å². The van der Waals surface area contributed by atoms with Crippen LogP contribution in [0.2, 0.25) is 5.02 Å². The first-order valence-electron chi connectivity index (χ1n) is 7.60. The average molecular weight is 347 g/mol. The van der Waals surface area contributed by atoms with E-state index in [0.717, 1.165) is 12.0 Å². The number of benzene rings is 2. The molecule has 2 aromatic carbocycles. The molecule has 0 spiro atoms. The van der Waals surface area contributed by atoms with Crippen LogP contribution in [0, 0.1) is 0 Å². The topological polar surface area (TPSA) is 78.4 Å². The second-order valence-electron chi connectivity index (χ2n) is 5.41. The number of aryl methyl sites for hydroxylation is 1. The van der Waals surface area contributed by atoms with E-state index in [-0.39, 0.29) is 17.5 Å². The summed E-state index contributed by atoms with van der Waals surface area (Å²) in [6.45, 7) is 3.86. The molecule has 2 aromatic rings. The number of hydrogen-bond donors (Lipinski definition) is 3. The quantitative estimate of drug-likeness (QED) is 0.586. The zero-order valence-corrected chi connectivity index (χ0v) is 14.2. The van der Waals surface area contributed by atoms with Crippen molar-refractivity contribution >= 4 is 29.1 Å². The van der Waals surface area contributed by atoms with Gasteiger partial charge in [-0.2, -0.15) is 0 Å². The molecule has 0 aliphatic rings. The van der Waals surface area contributed by atoms with Gasteiger partial charge in [0.05, 0.1) is 11.7 Å². The van der Waals surface area contributed by atoms with Gasteiger partial charge in [-0.15, -0.1) is 0 Å². The molecule has 0 saturated carbocycles. The molecule has 5 nitrogen and oxygen atoms in total. The van der Waals surface area contributed by atoms with E-state index in [0.29, 0.717) is 5.02 Å². The number of amides is 2. The molecule has 6 heteroatoms. The van der Waals surface area contributed by atoms with Gasteiger partial charge in [0, 0.05) is 5.02 Å². The van der Waals surface area contributed by atoms with Crippen molar-refractivity contribution in [3.63, 3.8) is 0 Å². The smallest absolute Gasteiger partial charge is 0.313 e. The van der Waals surface area contributed by atoms with Gasteiger partial charge >= 0.3 is 11.8 Å². The van der Waals surface area contributed by atoms with Gasteiger partial charge in [0.15, 0.2) is 0 Å². The Labute approximate surface area is 145 Å². The van der Waals surface area contributed by atoms with Crippen molar-refractivity contribution in [3.05, 3.63) is 58.6 Å². The summed E-state index contributed by atoms with van der Waals surface area (Å²) >= 11 is 5.81. The lowest BCUT2D eigenvalue weighted by atomic mass is 10.1. The largest absolute Gasteiger partial charge is 0.506 e. The third-order valence-electron chi connectivity index (χ3n) is 3.65. The fraction of sp³-hybridized carbons (Fsp3) is 0.222. The first-order chi connectivity index (χ1) is 11.4. The van der Waals surface area contributed by atoms with Gasteiger partial charge in [0.1, 0.15) is 5.75 Å². The van der Waals surface area contributed by atoms with Gasteiger partial charge < -0.3 is 15.7 Å². The standard InChI is InChI=1S/C18H19ClN2O3/c1-3-12-4-6-13(7-5-12)11(2)20-17(23)18(24)21-15-10-14(19)8-9-16(15)22/h4-11,22H,3H2,1-2H3,(H,20,23)(H,21,24). The molecular formula is C18H19ClN2O3. The van der Waals surface area contributed by atoms with Gasteiger partial charge in [-0.05, 0) is 42.7 Å². The van der Waals surface area contributed by atoms with E-state index in [1.807, 2.05) is 24.3 Å². The maximum atomic E-state index is 12.0. The fourth-order valence-electron chi connectivity index (χ4n) is 2.17. The average Bonchev–Trinajstić information content (AvgIpc) is 2.58. The lowest BCUT2D eigenvalue weighted by molar-refractivity contribution is -0.136. The maximum absolute atomic E-state index is 12.0. The van der Waals surface area contributed by atoms with Crippen LogP contribution in [-0.2, 0) is 16.0 Å². The molecule has 0 aromatic heterocycles. The van der Waals surface area contributed by atoms with E-state index in [9.17, 15) is 14.7 Å². The molecule has 0 fully saturated rings. The first-order valence-corrected chi connectivity index (χ1v) is 7.97. The molecule has 0 radical (unpaired) electrons. The monoisotopic (exact) mass is 346 g/mol. The van der Waals surface area contributed by atoms with Gasteiger partial charge in [-0.25, -0.2) is 0 Å². The number of anilines is 1. The van der Waals surface area contributed by atoms with E-state index in [2.05, 4.69) is 17.6 Å². The molecule has 0 bridgehead atoms. The molecular weight excluding hydrogens is 328 g/mol. The number of nitrogens with one attached hydrogen (secondary N) is 2. The minimum atomic E-state index is -0.871. The summed E-state index contributed by atoms with van der Waals surface area (Å²) in [5.41, 5.74) is 2.19. The zero-order valence-electron chi connectivity index (χ0n) is 13.5. The molecule has 0 saturated heterocycles. The highest BCUT2D eigenvalue weighted by Crippen LogP contribution is 2.26. The second kappa shape index (κ2) is 7.84. The van der Waals surface area contributed by atoms with Crippen molar-refractivity contribution in [3.8, 4) is 5.75 Å². The van der Waals surface area contributed by atoms with Crippen molar-refractivity contribution in [1.29, 1.82) is 0 Å². The highest BCUT2D eigenvalue weighted by Gasteiger charge is 2.18. The fourth-order valence-corrected chi connectivity index (χ4v) is 2.35. The number of carbonyl (C=O) groups is 2. The Morgan fingerprint density at radius 1 is 1.12 bits per heavy atom. The Kier molecular flexibility index (Phi) is 5.82. The zero-order chi connectivity index (χ0) is 17.7. The molecule has 0 aliphatic heterocycles. The summed E-state index contributed by atoms with van der Waals surface area (Å²) in [4.78, 5) is 24.0. The van der Waals surface area contributed by atoms with E-state index >= 15 is 0 Å². The number of aromatic hydroxyl groups is 1. The third-order valence-corrected chi connectivity index (χ3v) is 3.88.